The fraction of sp³-hybridized carbons (Fsp3) is 0.571. The second-order valence-electron chi connectivity index (χ2n) is 5.59. The summed E-state index contributed by atoms with van der Waals surface area (Å²) in [6.07, 6.45) is 5.38. The van der Waals surface area contributed by atoms with Crippen LogP contribution in [0, 0.1) is 5.41 Å². The Balaban J connectivity index is 2.11. The Morgan fingerprint density at radius 3 is 2.48 bits per heavy atom. The number of nitrogens with one attached hydrogen (secondary N) is 1. The lowest BCUT2D eigenvalue weighted by atomic mass is 9.76. The number of hydrogen-bond acceptors (Lipinski definition) is 2. The summed E-state index contributed by atoms with van der Waals surface area (Å²) in [5.41, 5.74) is -0.115. The maximum atomic E-state index is 12.4. The van der Waals surface area contributed by atoms with Gasteiger partial charge in [0.1, 0.15) is 0 Å². The fourth-order valence-electron chi connectivity index (χ4n) is 2.63. The quantitative estimate of drug-likeness (QED) is 0.717. The number of benzene rings is 1. The van der Waals surface area contributed by atoms with Gasteiger partial charge in [0.25, 0.3) is 0 Å². The van der Waals surface area contributed by atoms with Gasteiger partial charge in [-0.15, -0.1) is 11.6 Å². The van der Waals surface area contributed by atoms with E-state index in [9.17, 15) is 8.42 Å². The molecule has 0 spiro atoms. The number of halogens is 3. The van der Waals surface area contributed by atoms with Gasteiger partial charge in [0.2, 0.25) is 10.0 Å². The number of hydrogen-bond donors (Lipinski definition) is 1. The first-order valence-electron chi connectivity index (χ1n) is 6.89. The van der Waals surface area contributed by atoms with Crippen LogP contribution >= 0.6 is 39.1 Å². The van der Waals surface area contributed by atoms with Crippen LogP contribution in [0.2, 0.25) is 5.02 Å². The third-order valence-electron chi connectivity index (χ3n) is 4.04. The fourth-order valence-corrected chi connectivity index (χ4v) is 4.83. The summed E-state index contributed by atoms with van der Waals surface area (Å²) in [5, 5.41) is 0.485. The monoisotopic (exact) mass is 413 g/mol. The largest absolute Gasteiger partial charge is 0.240 e. The van der Waals surface area contributed by atoms with Crippen LogP contribution in [-0.4, -0.2) is 20.8 Å². The maximum Gasteiger partial charge on any atom is 0.240 e. The van der Waals surface area contributed by atoms with Crippen LogP contribution in [0.5, 0.6) is 0 Å². The molecule has 1 aromatic carbocycles. The molecule has 2 rings (SSSR count). The van der Waals surface area contributed by atoms with Crippen LogP contribution in [0.25, 0.3) is 0 Å². The highest BCUT2D eigenvalue weighted by Crippen LogP contribution is 2.37. The lowest BCUT2D eigenvalue weighted by Gasteiger charge is -2.35. The number of sulfonamides is 1. The van der Waals surface area contributed by atoms with E-state index in [2.05, 4.69) is 20.7 Å². The average Bonchev–Trinajstić information content (AvgIpc) is 2.49. The third kappa shape index (κ3) is 4.35. The van der Waals surface area contributed by atoms with Crippen LogP contribution in [0.4, 0.5) is 0 Å². The molecule has 3 nitrogen and oxygen atoms in total. The van der Waals surface area contributed by atoms with Gasteiger partial charge in [-0.25, -0.2) is 13.1 Å². The second-order valence-corrected chi connectivity index (χ2v) is 8.89. The SMILES string of the molecule is O=S(=O)(NCC1(CCl)CCCCC1)c1ccc(Cl)c(Br)c1. The van der Waals surface area contributed by atoms with Gasteiger partial charge in [0.05, 0.1) is 9.92 Å². The van der Waals surface area contributed by atoms with Crippen LogP contribution in [0.15, 0.2) is 27.6 Å². The molecule has 1 N–H and O–H groups in total. The minimum absolute atomic E-state index is 0.115. The molecule has 0 aromatic heterocycles. The molecule has 0 aliphatic heterocycles. The van der Waals surface area contributed by atoms with Gasteiger partial charge in [-0.3, -0.25) is 0 Å². The summed E-state index contributed by atoms with van der Waals surface area (Å²) in [6.45, 7) is 0.388. The van der Waals surface area contributed by atoms with Crippen molar-refractivity contribution in [3.63, 3.8) is 0 Å². The van der Waals surface area contributed by atoms with Crippen LogP contribution in [0.3, 0.4) is 0 Å². The van der Waals surface area contributed by atoms with Gasteiger partial charge in [-0.05, 0) is 52.4 Å². The topological polar surface area (TPSA) is 46.2 Å². The Morgan fingerprint density at radius 2 is 1.90 bits per heavy atom. The first-order valence-corrected chi connectivity index (χ1v) is 10.1. The number of alkyl halides is 1. The van der Waals surface area contributed by atoms with Crippen molar-refractivity contribution in [1.29, 1.82) is 0 Å². The molecule has 0 saturated heterocycles. The van der Waals surface area contributed by atoms with Crippen molar-refractivity contribution in [2.24, 2.45) is 5.41 Å². The minimum atomic E-state index is -3.54. The predicted molar refractivity (Wildman–Crippen MR) is 90.6 cm³/mol. The van der Waals surface area contributed by atoms with Gasteiger partial charge in [-0.2, -0.15) is 0 Å². The molecule has 0 unspecified atom stereocenters. The molecule has 1 aliphatic carbocycles. The Labute approximate surface area is 144 Å². The standard InChI is InChI=1S/C14H18BrCl2NO2S/c15-12-8-11(4-5-13(12)17)21(19,20)18-10-14(9-16)6-2-1-3-7-14/h4-5,8,18H,1-3,6-7,9-10H2. The van der Waals surface area contributed by atoms with E-state index < -0.39 is 10.0 Å². The zero-order valence-electron chi connectivity index (χ0n) is 11.5. The van der Waals surface area contributed by atoms with Crippen molar-refractivity contribution in [3.8, 4) is 0 Å². The molecular formula is C14H18BrCl2NO2S. The van der Waals surface area contributed by atoms with E-state index in [1.54, 1.807) is 6.07 Å². The highest BCUT2D eigenvalue weighted by atomic mass is 79.9. The van der Waals surface area contributed by atoms with E-state index >= 15 is 0 Å². The molecule has 0 radical (unpaired) electrons. The molecule has 0 heterocycles. The second kappa shape index (κ2) is 7.18. The van der Waals surface area contributed by atoms with Crippen molar-refractivity contribution in [1.82, 2.24) is 4.72 Å². The molecule has 118 valence electrons. The van der Waals surface area contributed by atoms with Gasteiger partial charge in [-0.1, -0.05) is 30.9 Å². The lowest BCUT2D eigenvalue weighted by molar-refractivity contribution is 0.223. The van der Waals surface area contributed by atoms with Crippen molar-refractivity contribution in [2.45, 2.75) is 37.0 Å². The third-order valence-corrected chi connectivity index (χ3v) is 7.22. The summed E-state index contributed by atoms with van der Waals surface area (Å²) in [6, 6.07) is 4.58. The molecule has 0 atom stereocenters. The molecular weight excluding hydrogens is 397 g/mol. The van der Waals surface area contributed by atoms with Gasteiger partial charge in [0.15, 0.2) is 0 Å². The van der Waals surface area contributed by atoms with Crippen LogP contribution in [-0.2, 0) is 10.0 Å². The van der Waals surface area contributed by atoms with E-state index in [1.807, 2.05) is 0 Å². The van der Waals surface area contributed by atoms with Gasteiger partial charge in [0, 0.05) is 16.9 Å². The van der Waals surface area contributed by atoms with Gasteiger partial charge >= 0.3 is 0 Å². The van der Waals surface area contributed by atoms with Crippen molar-refractivity contribution in [3.05, 3.63) is 27.7 Å². The summed E-state index contributed by atoms with van der Waals surface area (Å²) >= 11 is 15.2. The maximum absolute atomic E-state index is 12.4. The van der Waals surface area contributed by atoms with E-state index in [1.165, 1.54) is 18.6 Å². The Kier molecular flexibility index (Phi) is 5.99. The first-order chi connectivity index (χ1) is 9.88. The molecule has 1 saturated carbocycles. The predicted octanol–water partition coefficient (Wildman–Crippen LogP) is 4.57. The molecule has 0 bridgehead atoms. The zero-order valence-corrected chi connectivity index (χ0v) is 15.5. The molecule has 21 heavy (non-hydrogen) atoms. The zero-order chi connectivity index (χ0) is 15.5. The Morgan fingerprint density at radius 1 is 1.24 bits per heavy atom. The average molecular weight is 415 g/mol. The molecule has 7 heteroatoms. The smallest absolute Gasteiger partial charge is 0.211 e. The number of rotatable bonds is 5. The minimum Gasteiger partial charge on any atom is -0.211 e. The molecule has 1 fully saturated rings. The van der Waals surface area contributed by atoms with Crippen LogP contribution in [0.1, 0.15) is 32.1 Å². The molecule has 1 aliphatic rings. The lowest BCUT2D eigenvalue weighted by Crippen LogP contribution is -2.40. The van der Waals surface area contributed by atoms with E-state index in [0.29, 0.717) is 21.9 Å². The molecule has 0 amide bonds. The van der Waals surface area contributed by atoms with Crippen LogP contribution < -0.4 is 4.72 Å². The summed E-state index contributed by atoms with van der Waals surface area (Å²) in [7, 11) is -3.54. The highest BCUT2D eigenvalue weighted by Gasteiger charge is 2.32. The van der Waals surface area contributed by atoms with Crippen molar-refractivity contribution in [2.75, 3.05) is 12.4 Å². The van der Waals surface area contributed by atoms with Crippen molar-refractivity contribution < 1.29 is 8.42 Å². The first kappa shape index (κ1) is 17.5. The Hall–Kier alpha value is 0.190. The summed E-state index contributed by atoms with van der Waals surface area (Å²) in [4.78, 5) is 0.208. The Bertz CT molecular complexity index is 601. The molecule has 1 aromatic rings. The normalized spacial score (nSPS) is 18.6. The van der Waals surface area contributed by atoms with Crippen molar-refractivity contribution >= 4 is 49.2 Å². The summed E-state index contributed by atoms with van der Waals surface area (Å²) < 4.78 is 28.0. The summed E-state index contributed by atoms with van der Waals surface area (Å²) in [5.74, 6) is 0.486. The van der Waals surface area contributed by atoms with E-state index in [4.69, 9.17) is 23.2 Å². The highest BCUT2D eigenvalue weighted by molar-refractivity contribution is 9.10. The van der Waals surface area contributed by atoms with Gasteiger partial charge < -0.3 is 0 Å². The van der Waals surface area contributed by atoms with E-state index in [0.717, 1.165) is 25.7 Å². The van der Waals surface area contributed by atoms with E-state index in [-0.39, 0.29) is 10.3 Å².